The molecule has 1 N–H and O–H groups in total. The van der Waals surface area contributed by atoms with E-state index in [2.05, 4.69) is 5.10 Å². The smallest absolute Gasteiger partial charge is 0.308 e. The van der Waals surface area contributed by atoms with Gasteiger partial charge in [-0.1, -0.05) is 0 Å². The van der Waals surface area contributed by atoms with Gasteiger partial charge in [-0.15, -0.1) is 0 Å². The van der Waals surface area contributed by atoms with Gasteiger partial charge in [-0.05, 0) is 13.8 Å². The fraction of sp³-hybridized carbons (Fsp3) is 0.545. The lowest BCUT2D eigenvalue weighted by Crippen LogP contribution is -2.26. The summed E-state index contributed by atoms with van der Waals surface area (Å²) in [6.07, 6.45) is 0.0629. The zero-order valence-electron chi connectivity index (χ0n) is 9.88. The van der Waals surface area contributed by atoms with E-state index in [4.69, 9.17) is 5.11 Å². The van der Waals surface area contributed by atoms with Gasteiger partial charge in [0.25, 0.3) is 0 Å². The second-order valence-corrected chi connectivity index (χ2v) is 4.20. The molecule has 0 radical (unpaired) electrons. The number of aromatic nitrogens is 2. The number of amides is 1. The molecule has 2 rings (SSSR count). The van der Waals surface area contributed by atoms with E-state index in [1.807, 2.05) is 19.9 Å². The Morgan fingerprint density at radius 1 is 1.65 bits per heavy atom. The first-order chi connectivity index (χ1) is 8.02. The summed E-state index contributed by atoms with van der Waals surface area (Å²) in [7, 11) is 0. The molecule has 2 heterocycles. The third-order valence-electron chi connectivity index (χ3n) is 3.02. The quantitative estimate of drug-likeness (QED) is 0.837. The number of carbonyl (C=O) groups excluding carboxylic acids is 1. The second-order valence-electron chi connectivity index (χ2n) is 4.20. The molecular weight excluding hydrogens is 222 g/mol. The van der Waals surface area contributed by atoms with E-state index in [1.54, 1.807) is 4.68 Å². The van der Waals surface area contributed by atoms with Gasteiger partial charge in [-0.25, -0.2) is 0 Å². The lowest BCUT2D eigenvalue weighted by atomic mass is 10.1. The Balaban J connectivity index is 2.22. The molecule has 0 aliphatic carbocycles. The Hall–Kier alpha value is -1.85. The molecule has 0 spiro atoms. The number of nitrogens with zero attached hydrogens (tertiary/aromatic N) is 3. The van der Waals surface area contributed by atoms with Crippen molar-refractivity contribution in [3.63, 3.8) is 0 Å². The molecule has 17 heavy (non-hydrogen) atoms. The van der Waals surface area contributed by atoms with Crippen LogP contribution in [0.25, 0.3) is 0 Å². The highest BCUT2D eigenvalue weighted by Gasteiger charge is 2.36. The Bertz CT molecular complexity index is 467. The van der Waals surface area contributed by atoms with Crippen LogP contribution in [0.5, 0.6) is 0 Å². The maximum atomic E-state index is 11.7. The summed E-state index contributed by atoms with van der Waals surface area (Å²) in [5, 5.41) is 13.2. The number of aliphatic carboxylic acids is 1. The van der Waals surface area contributed by atoms with Crippen LogP contribution in [0.1, 0.15) is 19.0 Å². The van der Waals surface area contributed by atoms with Crippen LogP contribution in [0.4, 0.5) is 5.82 Å². The molecule has 1 fully saturated rings. The van der Waals surface area contributed by atoms with E-state index in [0.29, 0.717) is 5.82 Å². The molecule has 6 heteroatoms. The Labute approximate surface area is 98.8 Å². The van der Waals surface area contributed by atoms with Crippen LogP contribution in [0.3, 0.4) is 0 Å². The van der Waals surface area contributed by atoms with E-state index >= 15 is 0 Å². The molecule has 1 amide bonds. The average Bonchev–Trinajstić information content (AvgIpc) is 2.81. The number of carboxylic acids is 1. The fourth-order valence-corrected chi connectivity index (χ4v) is 2.04. The number of carboxylic acid groups (broad SMARTS) is 1. The minimum Gasteiger partial charge on any atom is -0.481 e. The number of rotatable bonds is 3. The molecule has 0 aromatic carbocycles. The van der Waals surface area contributed by atoms with Crippen molar-refractivity contribution < 1.29 is 14.7 Å². The summed E-state index contributed by atoms with van der Waals surface area (Å²) in [4.78, 5) is 24.0. The predicted molar refractivity (Wildman–Crippen MR) is 60.7 cm³/mol. The van der Waals surface area contributed by atoms with E-state index in [1.165, 1.54) is 4.90 Å². The Kier molecular flexibility index (Phi) is 2.87. The van der Waals surface area contributed by atoms with Crippen molar-refractivity contribution in [1.82, 2.24) is 9.78 Å². The molecule has 6 nitrogen and oxygen atoms in total. The Morgan fingerprint density at radius 3 is 2.82 bits per heavy atom. The largest absolute Gasteiger partial charge is 0.481 e. The first-order valence-electron chi connectivity index (χ1n) is 5.60. The summed E-state index contributed by atoms with van der Waals surface area (Å²) < 4.78 is 1.79. The molecule has 1 aliphatic rings. The first kappa shape index (κ1) is 11.6. The lowest BCUT2D eigenvalue weighted by molar-refractivity contribution is -0.141. The van der Waals surface area contributed by atoms with Crippen molar-refractivity contribution >= 4 is 17.7 Å². The van der Waals surface area contributed by atoms with E-state index in [0.717, 1.165) is 12.2 Å². The predicted octanol–water partition coefficient (Wildman–Crippen LogP) is 0.649. The van der Waals surface area contributed by atoms with Crippen LogP contribution in [-0.4, -0.2) is 33.3 Å². The molecule has 0 bridgehead atoms. The van der Waals surface area contributed by atoms with Gasteiger partial charge in [-0.2, -0.15) is 5.10 Å². The van der Waals surface area contributed by atoms with Crippen molar-refractivity contribution in [3.05, 3.63) is 11.8 Å². The number of hydrogen-bond acceptors (Lipinski definition) is 3. The molecule has 1 saturated heterocycles. The normalized spacial score (nSPS) is 20.0. The number of aryl methyl sites for hydroxylation is 2. The topological polar surface area (TPSA) is 75.4 Å². The average molecular weight is 237 g/mol. The molecule has 1 aliphatic heterocycles. The maximum absolute atomic E-state index is 11.7. The van der Waals surface area contributed by atoms with E-state index in [-0.39, 0.29) is 18.9 Å². The van der Waals surface area contributed by atoms with Gasteiger partial charge in [0.05, 0.1) is 5.92 Å². The third kappa shape index (κ3) is 2.02. The van der Waals surface area contributed by atoms with Gasteiger partial charge in [0.2, 0.25) is 5.91 Å². The monoisotopic (exact) mass is 237 g/mol. The summed E-state index contributed by atoms with van der Waals surface area (Å²) in [5.41, 5.74) is 0.967. The summed E-state index contributed by atoms with van der Waals surface area (Å²) in [6.45, 7) is 4.83. The van der Waals surface area contributed by atoms with Crippen LogP contribution >= 0.6 is 0 Å². The summed E-state index contributed by atoms with van der Waals surface area (Å²) >= 11 is 0. The van der Waals surface area contributed by atoms with Crippen molar-refractivity contribution in [2.75, 3.05) is 11.4 Å². The van der Waals surface area contributed by atoms with Gasteiger partial charge in [0.1, 0.15) is 0 Å². The molecule has 0 saturated carbocycles. The zero-order chi connectivity index (χ0) is 12.6. The highest BCUT2D eigenvalue weighted by molar-refractivity contribution is 5.98. The molecular formula is C11H15N3O3. The van der Waals surface area contributed by atoms with Crippen LogP contribution in [0, 0.1) is 12.8 Å². The minimum absolute atomic E-state index is 0.0629. The van der Waals surface area contributed by atoms with Crippen molar-refractivity contribution in [2.24, 2.45) is 5.92 Å². The zero-order valence-corrected chi connectivity index (χ0v) is 9.88. The van der Waals surface area contributed by atoms with Crippen LogP contribution < -0.4 is 4.90 Å². The molecule has 1 aromatic heterocycles. The number of carbonyl (C=O) groups is 2. The molecule has 0 unspecified atom stereocenters. The molecule has 1 atom stereocenters. The van der Waals surface area contributed by atoms with Gasteiger partial charge in [-0.3, -0.25) is 19.2 Å². The second kappa shape index (κ2) is 4.20. The fourth-order valence-electron chi connectivity index (χ4n) is 2.04. The van der Waals surface area contributed by atoms with E-state index < -0.39 is 11.9 Å². The van der Waals surface area contributed by atoms with Crippen LogP contribution in [-0.2, 0) is 16.1 Å². The number of anilines is 1. The van der Waals surface area contributed by atoms with Crippen molar-refractivity contribution in [2.45, 2.75) is 26.8 Å². The first-order valence-corrected chi connectivity index (χ1v) is 5.60. The molecule has 92 valence electrons. The van der Waals surface area contributed by atoms with Crippen molar-refractivity contribution in [3.8, 4) is 0 Å². The van der Waals surface area contributed by atoms with Gasteiger partial charge in [0, 0.05) is 31.3 Å². The summed E-state index contributed by atoms with van der Waals surface area (Å²) in [6, 6.07) is 1.81. The van der Waals surface area contributed by atoms with Crippen molar-refractivity contribution in [1.29, 1.82) is 0 Å². The van der Waals surface area contributed by atoms with Gasteiger partial charge in [0.15, 0.2) is 5.82 Å². The maximum Gasteiger partial charge on any atom is 0.308 e. The van der Waals surface area contributed by atoms with Gasteiger partial charge >= 0.3 is 5.97 Å². The lowest BCUT2D eigenvalue weighted by Gasteiger charge is -2.11. The van der Waals surface area contributed by atoms with Crippen LogP contribution in [0.2, 0.25) is 0 Å². The standard InChI is InChI=1S/C11H15N3O3/c1-3-14-7(2)4-9(12-14)13-6-8(11(16)17)5-10(13)15/h4,8H,3,5-6H2,1-2H3,(H,16,17)/t8-/m0/s1. The highest BCUT2D eigenvalue weighted by Crippen LogP contribution is 2.24. The van der Waals surface area contributed by atoms with Gasteiger partial charge < -0.3 is 5.11 Å². The van der Waals surface area contributed by atoms with E-state index in [9.17, 15) is 9.59 Å². The summed E-state index contributed by atoms with van der Waals surface area (Å²) in [5.74, 6) is -1.15. The Morgan fingerprint density at radius 2 is 2.35 bits per heavy atom. The SMILES string of the molecule is CCn1nc(N2C[C@@H](C(=O)O)CC2=O)cc1C. The minimum atomic E-state index is -0.924. The highest BCUT2D eigenvalue weighted by atomic mass is 16.4. The number of hydrogen-bond donors (Lipinski definition) is 1. The third-order valence-corrected chi connectivity index (χ3v) is 3.02. The van der Waals surface area contributed by atoms with Crippen LogP contribution in [0.15, 0.2) is 6.07 Å². The molecule has 1 aromatic rings.